The van der Waals surface area contributed by atoms with Crippen molar-refractivity contribution >= 4 is 28.7 Å². The molecule has 2 N–H and O–H groups in total. The molecule has 0 spiro atoms. The van der Waals surface area contributed by atoms with Crippen molar-refractivity contribution in [3.8, 4) is 34.1 Å². The first-order valence-electron chi connectivity index (χ1n) is 10.0. The summed E-state index contributed by atoms with van der Waals surface area (Å²) in [6.45, 7) is 1.73. The number of halogens is 1. The number of nitrogens with one attached hydrogen (secondary N) is 1. The first kappa shape index (κ1) is 20.6. The van der Waals surface area contributed by atoms with Crippen molar-refractivity contribution in [3.05, 3.63) is 95.0 Å². The number of hydrogen-bond donors (Lipinski definition) is 2. The molecule has 7 heteroatoms. The van der Waals surface area contributed by atoms with Gasteiger partial charge < -0.3 is 14.8 Å². The zero-order valence-corrected chi connectivity index (χ0v) is 18.1. The van der Waals surface area contributed by atoms with Gasteiger partial charge in [-0.05, 0) is 60.0 Å². The van der Waals surface area contributed by atoms with E-state index in [2.05, 4.69) is 27.1 Å². The Hall–Kier alpha value is -4.34. The van der Waals surface area contributed by atoms with Gasteiger partial charge in [-0.25, -0.2) is 9.78 Å². The Balaban J connectivity index is 1.45. The van der Waals surface area contributed by atoms with Crippen LogP contribution in [-0.2, 0) is 0 Å². The largest absolute Gasteiger partial charge is 0.478 e. The number of fused-ring (bicyclic) bond motifs is 1. The number of aromatic amines is 1. The van der Waals surface area contributed by atoms with Gasteiger partial charge in [0.25, 0.3) is 0 Å². The van der Waals surface area contributed by atoms with Crippen molar-refractivity contribution in [1.82, 2.24) is 15.0 Å². The number of ether oxygens (including phenoxy) is 1. The Morgan fingerprint density at radius 1 is 1.00 bits per heavy atom. The van der Waals surface area contributed by atoms with Gasteiger partial charge in [0.05, 0.1) is 21.8 Å². The van der Waals surface area contributed by atoms with E-state index in [1.807, 2.05) is 42.5 Å². The number of nitrogens with zero attached hydrogens (tertiary/aromatic N) is 2. The molecule has 0 aliphatic carbocycles. The first-order valence-corrected chi connectivity index (χ1v) is 10.4. The summed E-state index contributed by atoms with van der Waals surface area (Å²) in [5.74, 6) is -0.662. The number of H-pyrrole nitrogens is 1. The maximum absolute atomic E-state index is 11.4. The Labute approximate surface area is 194 Å². The summed E-state index contributed by atoms with van der Waals surface area (Å²) >= 11 is 6.51. The number of carboxylic acid groups (broad SMARTS) is 1. The molecule has 0 bridgehead atoms. The second-order valence-corrected chi connectivity index (χ2v) is 7.82. The summed E-state index contributed by atoms with van der Waals surface area (Å²) in [4.78, 5) is 23.4. The van der Waals surface area contributed by atoms with Crippen molar-refractivity contribution in [1.29, 1.82) is 0 Å². The van der Waals surface area contributed by atoms with Crippen molar-refractivity contribution in [2.75, 3.05) is 0 Å². The van der Waals surface area contributed by atoms with E-state index >= 15 is 0 Å². The molecule has 33 heavy (non-hydrogen) atoms. The van der Waals surface area contributed by atoms with Gasteiger partial charge in [-0.15, -0.1) is 0 Å². The number of rotatable bonds is 5. The number of imidazole rings is 1. The van der Waals surface area contributed by atoms with E-state index in [1.54, 1.807) is 25.1 Å². The van der Waals surface area contributed by atoms with E-state index in [1.165, 1.54) is 6.07 Å². The number of aromatic carboxylic acids is 1. The van der Waals surface area contributed by atoms with Crippen LogP contribution >= 0.6 is 11.6 Å². The van der Waals surface area contributed by atoms with Gasteiger partial charge in [0.1, 0.15) is 5.75 Å². The SMILES string of the molecule is Cc1ccc(Oc2nc3nc(-c4ccc(-c5cc#ccc5)cc4)c(Cl)cc3[nH]2)cc1C(=O)O. The molecular formula is C26H16ClN3O3. The average molecular weight is 454 g/mol. The molecule has 0 saturated carbocycles. The fraction of sp³-hybridized carbons (Fsp3) is 0.0385. The molecule has 0 aliphatic rings. The molecule has 0 radical (unpaired) electrons. The number of pyridine rings is 1. The maximum Gasteiger partial charge on any atom is 0.336 e. The minimum absolute atomic E-state index is 0.169. The number of aryl methyl sites for hydroxylation is 1. The van der Waals surface area contributed by atoms with Crippen LogP contribution in [0.5, 0.6) is 11.8 Å². The van der Waals surface area contributed by atoms with Gasteiger partial charge in [-0.1, -0.05) is 54.1 Å². The minimum atomic E-state index is -1.02. The Bertz CT molecular complexity index is 1480. The number of hydrogen-bond acceptors (Lipinski definition) is 4. The first-order chi connectivity index (χ1) is 16.0. The predicted octanol–water partition coefficient (Wildman–Crippen LogP) is 6.34. The second-order valence-electron chi connectivity index (χ2n) is 7.41. The predicted molar refractivity (Wildman–Crippen MR) is 126 cm³/mol. The average Bonchev–Trinajstić information content (AvgIpc) is 3.21. The molecule has 160 valence electrons. The highest BCUT2D eigenvalue weighted by Crippen LogP contribution is 2.32. The summed E-state index contributed by atoms with van der Waals surface area (Å²) in [6.07, 6.45) is 0. The Morgan fingerprint density at radius 2 is 1.79 bits per heavy atom. The van der Waals surface area contributed by atoms with E-state index < -0.39 is 5.97 Å². The molecule has 6 nitrogen and oxygen atoms in total. The molecule has 5 rings (SSSR count). The lowest BCUT2D eigenvalue weighted by Gasteiger charge is -2.05. The number of benzene rings is 2. The summed E-state index contributed by atoms with van der Waals surface area (Å²) in [5.41, 5.74) is 5.41. The fourth-order valence-electron chi connectivity index (χ4n) is 3.50. The molecule has 3 aromatic carbocycles. The van der Waals surface area contributed by atoms with Crippen LogP contribution < -0.4 is 4.74 Å². The van der Waals surface area contributed by atoms with Crippen LogP contribution in [0.15, 0.2) is 66.7 Å². The van der Waals surface area contributed by atoms with Crippen LogP contribution in [0.2, 0.25) is 5.02 Å². The number of aromatic nitrogens is 3. The maximum atomic E-state index is 11.4. The van der Waals surface area contributed by atoms with Gasteiger partial charge >= 0.3 is 12.0 Å². The lowest BCUT2D eigenvalue weighted by atomic mass is 10.0. The topological polar surface area (TPSA) is 88.1 Å². The molecule has 0 amide bonds. The van der Waals surface area contributed by atoms with Gasteiger partial charge in [0.2, 0.25) is 0 Å². The van der Waals surface area contributed by atoms with Gasteiger partial charge in [-0.2, -0.15) is 4.98 Å². The van der Waals surface area contributed by atoms with Crippen LogP contribution in [-0.4, -0.2) is 26.0 Å². The summed E-state index contributed by atoms with van der Waals surface area (Å²) in [5, 5.41) is 9.78. The number of carboxylic acids is 1. The summed E-state index contributed by atoms with van der Waals surface area (Å²) in [6, 6.07) is 26.2. The van der Waals surface area contributed by atoms with Crippen molar-refractivity contribution in [2.24, 2.45) is 0 Å². The zero-order chi connectivity index (χ0) is 22.9. The van der Waals surface area contributed by atoms with Crippen LogP contribution in [0, 0.1) is 19.1 Å². The van der Waals surface area contributed by atoms with Crippen LogP contribution in [0.4, 0.5) is 0 Å². The quantitative estimate of drug-likeness (QED) is 0.324. The highest BCUT2D eigenvalue weighted by atomic mass is 35.5. The lowest BCUT2D eigenvalue weighted by Crippen LogP contribution is -2.00. The van der Waals surface area contributed by atoms with Crippen LogP contribution in [0.1, 0.15) is 15.9 Å². The van der Waals surface area contributed by atoms with Crippen LogP contribution in [0.3, 0.4) is 0 Å². The molecule has 0 fully saturated rings. The minimum Gasteiger partial charge on any atom is -0.478 e. The Kier molecular flexibility index (Phi) is 5.17. The summed E-state index contributed by atoms with van der Waals surface area (Å²) < 4.78 is 5.74. The van der Waals surface area contributed by atoms with Crippen molar-refractivity contribution in [2.45, 2.75) is 6.92 Å². The molecule has 0 unspecified atom stereocenters. The zero-order valence-electron chi connectivity index (χ0n) is 17.4. The molecular weight excluding hydrogens is 438 g/mol. The van der Waals surface area contributed by atoms with E-state index in [0.29, 0.717) is 33.2 Å². The van der Waals surface area contributed by atoms with E-state index in [4.69, 9.17) is 16.3 Å². The molecule has 0 saturated heterocycles. The third-order valence-corrected chi connectivity index (χ3v) is 5.50. The Morgan fingerprint density at radius 3 is 2.52 bits per heavy atom. The third-order valence-electron chi connectivity index (χ3n) is 5.21. The molecule has 2 aromatic heterocycles. The summed E-state index contributed by atoms with van der Waals surface area (Å²) in [7, 11) is 0. The van der Waals surface area contributed by atoms with Crippen LogP contribution in [0.25, 0.3) is 33.5 Å². The monoisotopic (exact) mass is 453 g/mol. The van der Waals surface area contributed by atoms with E-state index in [9.17, 15) is 9.90 Å². The molecule has 0 aliphatic heterocycles. The third kappa shape index (κ3) is 4.10. The van der Waals surface area contributed by atoms with Gasteiger partial charge in [0.15, 0.2) is 5.65 Å². The van der Waals surface area contributed by atoms with Crippen molar-refractivity contribution in [3.63, 3.8) is 0 Å². The van der Waals surface area contributed by atoms with Gasteiger partial charge in [0, 0.05) is 5.56 Å². The molecule has 5 aromatic rings. The number of carbonyl (C=O) groups is 1. The lowest BCUT2D eigenvalue weighted by molar-refractivity contribution is 0.0695. The smallest absolute Gasteiger partial charge is 0.336 e. The molecule has 0 atom stereocenters. The highest BCUT2D eigenvalue weighted by Gasteiger charge is 2.14. The standard InChI is InChI=1S/C26H16ClN3O3/c1-15-7-12-19(13-20(15)25(31)32)33-26-28-22-14-21(27)23(29-24(22)30-26)18-10-8-17(9-11-18)16-5-3-2-4-6-16/h3,5-14H,1H3,(H,31,32)(H,28,29,30). The fourth-order valence-corrected chi connectivity index (χ4v) is 3.76. The van der Waals surface area contributed by atoms with E-state index in [0.717, 1.165) is 16.7 Å². The van der Waals surface area contributed by atoms with Gasteiger partial charge in [-0.3, -0.25) is 0 Å². The van der Waals surface area contributed by atoms with Crippen molar-refractivity contribution < 1.29 is 14.6 Å². The van der Waals surface area contributed by atoms with E-state index in [-0.39, 0.29) is 11.6 Å². The molecule has 2 heterocycles. The second kappa shape index (κ2) is 8.30. The highest BCUT2D eigenvalue weighted by molar-refractivity contribution is 6.33. The normalized spacial score (nSPS) is 10.7.